The number of aromatic nitrogens is 4. The van der Waals surface area contributed by atoms with E-state index in [-0.39, 0.29) is 17.5 Å². The molecule has 1 aliphatic carbocycles. The van der Waals surface area contributed by atoms with Crippen molar-refractivity contribution < 1.29 is 4.79 Å². The zero-order valence-corrected chi connectivity index (χ0v) is 19.5. The van der Waals surface area contributed by atoms with Crippen molar-refractivity contribution in [3.8, 4) is 0 Å². The minimum absolute atomic E-state index is 0.0757. The summed E-state index contributed by atoms with van der Waals surface area (Å²) in [5, 5.41) is 9.56. The van der Waals surface area contributed by atoms with Crippen LogP contribution in [-0.2, 0) is 10.5 Å². The first-order valence-corrected chi connectivity index (χ1v) is 12.0. The van der Waals surface area contributed by atoms with E-state index in [9.17, 15) is 9.59 Å². The van der Waals surface area contributed by atoms with Crippen LogP contribution < -0.4 is 10.5 Å². The van der Waals surface area contributed by atoms with E-state index in [4.69, 9.17) is 0 Å². The minimum Gasteiger partial charge on any atom is -0.309 e. The first-order valence-electron chi connectivity index (χ1n) is 8.62. The topological polar surface area (TPSA) is 91.8 Å². The fourth-order valence-corrected chi connectivity index (χ4v) is 5.85. The van der Waals surface area contributed by atoms with Crippen LogP contribution in [0, 0.1) is 0 Å². The molecule has 146 valence electrons. The number of hydrogen-bond acceptors (Lipinski definition) is 7. The zero-order chi connectivity index (χ0) is 19.8. The number of carbonyl (C=O) groups excluding carboxylic acids is 1. The number of halogens is 2. The first kappa shape index (κ1) is 20.0. The lowest BCUT2D eigenvalue weighted by molar-refractivity contribution is -0.118. The molecular weight excluding hydrogens is 530 g/mol. The van der Waals surface area contributed by atoms with Gasteiger partial charge in [0.25, 0.3) is 5.56 Å². The second-order valence-electron chi connectivity index (χ2n) is 6.28. The Balaban J connectivity index is 1.53. The summed E-state index contributed by atoms with van der Waals surface area (Å²) in [5.41, 5.74) is 0.433. The number of rotatable bonds is 6. The van der Waals surface area contributed by atoms with Crippen molar-refractivity contribution >= 4 is 76.9 Å². The SMILES string of the molecule is CCC(=O)N(c1nnc(SCc2nc3c(Br)cc(Br)cc3c(=O)[nH]2)s1)C1CC1. The third-order valence-corrected chi connectivity index (χ3v) is 7.32. The Morgan fingerprint density at radius 1 is 1.36 bits per heavy atom. The van der Waals surface area contributed by atoms with Crippen molar-refractivity contribution in [1.29, 1.82) is 0 Å². The van der Waals surface area contributed by atoms with Crippen molar-refractivity contribution in [2.75, 3.05) is 4.90 Å². The molecule has 1 fully saturated rings. The van der Waals surface area contributed by atoms with Crippen molar-refractivity contribution in [3.63, 3.8) is 0 Å². The Bertz CT molecular complexity index is 1110. The van der Waals surface area contributed by atoms with Crippen LogP contribution in [0.5, 0.6) is 0 Å². The van der Waals surface area contributed by atoms with Gasteiger partial charge in [-0.1, -0.05) is 46.0 Å². The Morgan fingerprint density at radius 3 is 2.86 bits per heavy atom. The van der Waals surface area contributed by atoms with Gasteiger partial charge in [-0.15, -0.1) is 10.2 Å². The second-order valence-corrected chi connectivity index (χ2v) is 10.2. The van der Waals surface area contributed by atoms with E-state index in [2.05, 4.69) is 52.0 Å². The normalized spacial score (nSPS) is 13.8. The lowest BCUT2D eigenvalue weighted by Gasteiger charge is -2.17. The standard InChI is InChI=1S/C17H15Br2N5O2S2/c1-2-13(25)24(9-3-4-9)16-22-23-17(28-16)27-7-12-20-14-10(15(26)21-12)5-8(18)6-11(14)19/h5-6,9H,2-4,7H2,1H3,(H,20,21,26). The Hall–Kier alpha value is -1.30. The summed E-state index contributed by atoms with van der Waals surface area (Å²) < 4.78 is 2.30. The van der Waals surface area contributed by atoms with Gasteiger partial charge in [0.1, 0.15) is 5.82 Å². The number of thioether (sulfide) groups is 1. The number of H-pyrrole nitrogens is 1. The molecule has 0 spiro atoms. The summed E-state index contributed by atoms with van der Waals surface area (Å²) in [6, 6.07) is 3.87. The zero-order valence-electron chi connectivity index (χ0n) is 14.7. The van der Waals surface area contributed by atoms with E-state index in [0.29, 0.717) is 34.0 Å². The Labute approximate surface area is 185 Å². The number of anilines is 1. The largest absolute Gasteiger partial charge is 0.309 e. The number of carbonyl (C=O) groups is 1. The van der Waals surface area contributed by atoms with Crippen LogP contribution >= 0.6 is 55.0 Å². The van der Waals surface area contributed by atoms with Gasteiger partial charge in [0, 0.05) is 21.4 Å². The maximum absolute atomic E-state index is 12.4. The van der Waals surface area contributed by atoms with E-state index in [1.165, 1.54) is 23.1 Å². The molecule has 3 aromatic rings. The van der Waals surface area contributed by atoms with Crippen LogP contribution in [0.1, 0.15) is 32.0 Å². The molecule has 1 aromatic carbocycles. The van der Waals surface area contributed by atoms with E-state index < -0.39 is 0 Å². The third-order valence-electron chi connectivity index (χ3n) is 4.19. The van der Waals surface area contributed by atoms with Crippen molar-refractivity contribution in [2.45, 2.75) is 42.3 Å². The van der Waals surface area contributed by atoms with Crippen LogP contribution in [-0.4, -0.2) is 32.1 Å². The van der Waals surface area contributed by atoms with Gasteiger partial charge in [-0.3, -0.25) is 14.5 Å². The predicted octanol–water partition coefficient (Wildman–Crippen LogP) is 4.50. The highest BCUT2D eigenvalue weighted by Crippen LogP contribution is 2.36. The Morgan fingerprint density at radius 2 is 2.14 bits per heavy atom. The van der Waals surface area contributed by atoms with E-state index in [0.717, 1.165) is 26.1 Å². The van der Waals surface area contributed by atoms with Crippen LogP contribution in [0.25, 0.3) is 10.9 Å². The maximum atomic E-state index is 12.4. The van der Waals surface area contributed by atoms with Crippen LogP contribution in [0.15, 0.2) is 30.2 Å². The maximum Gasteiger partial charge on any atom is 0.258 e. The molecule has 1 N–H and O–H groups in total. The van der Waals surface area contributed by atoms with Crippen molar-refractivity contribution in [3.05, 3.63) is 37.3 Å². The minimum atomic E-state index is -0.186. The fourth-order valence-electron chi connectivity index (χ4n) is 2.74. The summed E-state index contributed by atoms with van der Waals surface area (Å²) in [7, 11) is 0. The molecule has 1 saturated carbocycles. The van der Waals surface area contributed by atoms with E-state index in [1.54, 1.807) is 11.0 Å². The van der Waals surface area contributed by atoms with Gasteiger partial charge < -0.3 is 4.98 Å². The van der Waals surface area contributed by atoms with Crippen molar-refractivity contribution in [2.24, 2.45) is 0 Å². The first-order chi connectivity index (χ1) is 13.5. The molecule has 0 saturated heterocycles. The fraction of sp³-hybridized carbons (Fsp3) is 0.353. The number of nitrogens with zero attached hydrogens (tertiary/aromatic N) is 4. The molecule has 0 atom stereocenters. The number of nitrogens with one attached hydrogen (secondary N) is 1. The lowest BCUT2D eigenvalue weighted by atomic mass is 10.2. The Kier molecular flexibility index (Phi) is 5.86. The molecule has 28 heavy (non-hydrogen) atoms. The summed E-state index contributed by atoms with van der Waals surface area (Å²) in [6.07, 6.45) is 2.48. The number of fused-ring (bicyclic) bond motifs is 1. The number of amides is 1. The van der Waals surface area contributed by atoms with Crippen LogP contribution in [0.4, 0.5) is 5.13 Å². The molecule has 11 heteroatoms. The molecule has 0 unspecified atom stereocenters. The molecule has 0 bridgehead atoms. The van der Waals surface area contributed by atoms with Crippen LogP contribution in [0.3, 0.4) is 0 Å². The number of aromatic amines is 1. The summed E-state index contributed by atoms with van der Waals surface area (Å²) in [6.45, 7) is 1.85. The second kappa shape index (κ2) is 8.21. The molecule has 1 aliphatic rings. The highest BCUT2D eigenvalue weighted by Gasteiger charge is 2.35. The van der Waals surface area contributed by atoms with Crippen molar-refractivity contribution in [1.82, 2.24) is 20.2 Å². The molecule has 0 aliphatic heterocycles. The molecule has 1 amide bonds. The lowest BCUT2D eigenvalue weighted by Crippen LogP contribution is -2.32. The molecule has 2 aromatic heterocycles. The molecular formula is C17H15Br2N5O2S2. The van der Waals surface area contributed by atoms with Gasteiger partial charge in [-0.2, -0.15) is 0 Å². The van der Waals surface area contributed by atoms with Gasteiger partial charge >= 0.3 is 0 Å². The highest BCUT2D eigenvalue weighted by atomic mass is 79.9. The van der Waals surface area contributed by atoms with E-state index >= 15 is 0 Å². The van der Waals surface area contributed by atoms with Gasteiger partial charge in [0.05, 0.1) is 16.7 Å². The smallest absolute Gasteiger partial charge is 0.258 e. The predicted molar refractivity (Wildman–Crippen MR) is 118 cm³/mol. The third kappa shape index (κ3) is 4.17. The summed E-state index contributed by atoms with van der Waals surface area (Å²) >= 11 is 9.68. The monoisotopic (exact) mass is 543 g/mol. The highest BCUT2D eigenvalue weighted by molar-refractivity contribution is 9.11. The quantitative estimate of drug-likeness (QED) is 0.363. The average molecular weight is 545 g/mol. The van der Waals surface area contributed by atoms with Gasteiger partial charge in [0.15, 0.2) is 4.34 Å². The average Bonchev–Trinajstić information content (AvgIpc) is 3.38. The number of hydrogen-bond donors (Lipinski definition) is 1. The molecule has 7 nitrogen and oxygen atoms in total. The van der Waals surface area contributed by atoms with E-state index in [1.807, 2.05) is 13.0 Å². The summed E-state index contributed by atoms with van der Waals surface area (Å²) in [4.78, 5) is 33.7. The molecule has 4 rings (SSSR count). The number of benzene rings is 1. The van der Waals surface area contributed by atoms with Gasteiger partial charge in [-0.05, 0) is 40.9 Å². The molecule has 0 radical (unpaired) electrons. The van der Waals surface area contributed by atoms with Crippen LogP contribution in [0.2, 0.25) is 0 Å². The van der Waals surface area contributed by atoms with Gasteiger partial charge in [0.2, 0.25) is 11.0 Å². The molecule has 2 heterocycles. The summed E-state index contributed by atoms with van der Waals surface area (Å²) in [5.74, 6) is 1.09. The van der Waals surface area contributed by atoms with Gasteiger partial charge in [-0.25, -0.2) is 4.98 Å².